The summed E-state index contributed by atoms with van der Waals surface area (Å²) in [6, 6.07) is 5.25. The highest BCUT2D eigenvalue weighted by molar-refractivity contribution is 5.83. The molecule has 0 aliphatic rings. The summed E-state index contributed by atoms with van der Waals surface area (Å²) in [5, 5.41) is 43.1. The quantitative estimate of drug-likeness (QED) is 0.438. The zero-order valence-electron chi connectivity index (χ0n) is 13.7. The van der Waals surface area contributed by atoms with Gasteiger partial charge < -0.3 is 10.2 Å². The lowest BCUT2D eigenvalue weighted by atomic mass is 9.95. The van der Waals surface area contributed by atoms with Gasteiger partial charge in [-0.25, -0.2) is 0 Å². The van der Waals surface area contributed by atoms with Gasteiger partial charge >= 0.3 is 11.4 Å². The largest absolute Gasteiger partial charge is 0.502 e. The number of hydrogen-bond acceptors (Lipinski definition) is 6. The molecule has 0 fully saturated rings. The van der Waals surface area contributed by atoms with Crippen LogP contribution in [0, 0.1) is 20.2 Å². The van der Waals surface area contributed by atoms with Crippen LogP contribution >= 0.6 is 0 Å². The third-order valence-corrected chi connectivity index (χ3v) is 3.74. The van der Waals surface area contributed by atoms with E-state index in [0.717, 1.165) is 0 Å². The van der Waals surface area contributed by atoms with Crippen molar-refractivity contribution in [1.82, 2.24) is 0 Å². The van der Waals surface area contributed by atoms with Gasteiger partial charge in [0.1, 0.15) is 0 Å². The summed E-state index contributed by atoms with van der Waals surface area (Å²) in [5.41, 5.74) is -0.317. The molecule has 134 valence electrons. The first-order chi connectivity index (χ1) is 12.3. The zero-order valence-corrected chi connectivity index (χ0v) is 13.7. The Bertz CT molecular complexity index is 845. The number of aromatic hydroxyl groups is 2. The van der Waals surface area contributed by atoms with Gasteiger partial charge in [-0.05, 0) is 36.1 Å². The van der Waals surface area contributed by atoms with E-state index < -0.39 is 32.7 Å². The van der Waals surface area contributed by atoms with Gasteiger partial charge in [-0.2, -0.15) is 0 Å². The summed E-state index contributed by atoms with van der Waals surface area (Å²) >= 11 is 0. The third-order valence-electron chi connectivity index (χ3n) is 3.74. The molecule has 0 aliphatic carbocycles. The smallest absolute Gasteiger partial charge is 0.311 e. The van der Waals surface area contributed by atoms with Crippen molar-refractivity contribution < 1.29 is 20.1 Å². The number of phenols is 2. The topological polar surface area (TPSA) is 127 Å². The molecular weight excluding hydrogens is 340 g/mol. The van der Waals surface area contributed by atoms with Gasteiger partial charge in [0.2, 0.25) is 11.5 Å². The minimum absolute atomic E-state index is 0.0671. The van der Waals surface area contributed by atoms with Crippen molar-refractivity contribution >= 4 is 11.4 Å². The van der Waals surface area contributed by atoms with Gasteiger partial charge in [-0.15, -0.1) is 13.2 Å². The number of nitro groups is 2. The van der Waals surface area contributed by atoms with Crippen LogP contribution in [0.4, 0.5) is 11.4 Å². The Kier molecular flexibility index (Phi) is 5.36. The summed E-state index contributed by atoms with van der Waals surface area (Å²) in [6.45, 7) is 7.13. The van der Waals surface area contributed by atoms with Crippen LogP contribution in [-0.4, -0.2) is 20.1 Å². The summed E-state index contributed by atoms with van der Waals surface area (Å²) in [4.78, 5) is 20.9. The van der Waals surface area contributed by atoms with E-state index in [2.05, 4.69) is 13.2 Å². The van der Waals surface area contributed by atoms with Gasteiger partial charge in [-0.3, -0.25) is 20.2 Å². The molecule has 8 heteroatoms. The Morgan fingerprint density at radius 3 is 1.42 bits per heavy atom. The average Bonchev–Trinajstić information content (AvgIpc) is 2.57. The third kappa shape index (κ3) is 3.54. The van der Waals surface area contributed by atoms with Crippen LogP contribution in [-0.2, 0) is 12.8 Å². The molecule has 0 saturated carbocycles. The Balaban J connectivity index is 2.85. The first-order valence-corrected chi connectivity index (χ1v) is 7.52. The summed E-state index contributed by atoms with van der Waals surface area (Å²) in [6.07, 6.45) is 3.61. The molecule has 0 saturated heterocycles. The highest BCUT2D eigenvalue weighted by atomic mass is 16.6. The molecule has 26 heavy (non-hydrogen) atoms. The Hall–Kier alpha value is -3.68. The van der Waals surface area contributed by atoms with Crippen LogP contribution in [0.1, 0.15) is 11.1 Å². The molecule has 2 rings (SSSR count). The van der Waals surface area contributed by atoms with Crippen LogP contribution in [0.25, 0.3) is 11.1 Å². The number of phenolic OH excluding ortho intramolecular Hbond substituents is 2. The predicted molar refractivity (Wildman–Crippen MR) is 96.3 cm³/mol. The van der Waals surface area contributed by atoms with Crippen LogP contribution in [0.5, 0.6) is 11.5 Å². The summed E-state index contributed by atoms with van der Waals surface area (Å²) in [5.74, 6) is -1.36. The van der Waals surface area contributed by atoms with E-state index in [1.807, 2.05) is 0 Å². The minimum atomic E-state index is -0.759. The van der Waals surface area contributed by atoms with E-state index >= 15 is 0 Å². The number of nitrogens with zero attached hydrogens (tertiary/aromatic N) is 2. The maximum Gasteiger partial charge on any atom is 0.311 e. The Morgan fingerprint density at radius 2 is 1.15 bits per heavy atom. The molecular formula is C18H16N2O6. The van der Waals surface area contributed by atoms with Crippen LogP contribution in [0.2, 0.25) is 0 Å². The fourth-order valence-corrected chi connectivity index (χ4v) is 2.61. The molecule has 2 aromatic carbocycles. The second kappa shape index (κ2) is 7.47. The standard InChI is InChI=1S/C18H16N2O6/c1-3-5-11-7-13(17(21)15(9-11)19(23)24)14-8-12(6-4-2)10-16(18(14)22)20(25)26/h3-4,7-10,21-22H,1-2,5-6H2. The fourth-order valence-electron chi connectivity index (χ4n) is 2.61. The van der Waals surface area contributed by atoms with Gasteiger partial charge in [0.05, 0.1) is 9.85 Å². The molecule has 0 bridgehead atoms. The number of benzene rings is 2. The second-order valence-electron chi connectivity index (χ2n) is 5.52. The van der Waals surface area contributed by atoms with Gasteiger partial charge in [-0.1, -0.05) is 12.2 Å². The van der Waals surface area contributed by atoms with Gasteiger partial charge in [0, 0.05) is 23.3 Å². The van der Waals surface area contributed by atoms with E-state index in [0.29, 0.717) is 11.1 Å². The lowest BCUT2D eigenvalue weighted by Crippen LogP contribution is -1.97. The van der Waals surface area contributed by atoms with Crippen molar-refractivity contribution in [2.75, 3.05) is 0 Å². The molecule has 0 amide bonds. The lowest BCUT2D eigenvalue weighted by Gasteiger charge is -2.11. The molecule has 0 heterocycles. The molecule has 0 radical (unpaired) electrons. The van der Waals surface area contributed by atoms with Crippen molar-refractivity contribution in [3.63, 3.8) is 0 Å². The summed E-state index contributed by atoms with van der Waals surface area (Å²) in [7, 11) is 0. The predicted octanol–water partition coefficient (Wildman–Crippen LogP) is 4.04. The lowest BCUT2D eigenvalue weighted by molar-refractivity contribution is -0.386. The average molecular weight is 356 g/mol. The molecule has 0 atom stereocenters. The molecule has 8 nitrogen and oxygen atoms in total. The van der Waals surface area contributed by atoms with Crippen LogP contribution in [0.3, 0.4) is 0 Å². The van der Waals surface area contributed by atoms with Crippen molar-refractivity contribution in [1.29, 1.82) is 0 Å². The first kappa shape index (κ1) is 18.7. The van der Waals surface area contributed by atoms with E-state index in [9.17, 15) is 30.4 Å². The Morgan fingerprint density at radius 1 is 0.808 bits per heavy atom. The van der Waals surface area contributed by atoms with E-state index in [1.165, 1.54) is 36.4 Å². The molecule has 2 N–H and O–H groups in total. The molecule has 0 spiro atoms. The van der Waals surface area contributed by atoms with Gasteiger partial charge in [0.25, 0.3) is 0 Å². The Labute approximate surface area is 148 Å². The van der Waals surface area contributed by atoms with Crippen LogP contribution < -0.4 is 0 Å². The van der Waals surface area contributed by atoms with E-state index in [1.54, 1.807) is 0 Å². The molecule has 0 aromatic heterocycles. The van der Waals surface area contributed by atoms with Crippen molar-refractivity contribution in [3.8, 4) is 22.6 Å². The van der Waals surface area contributed by atoms with Crippen molar-refractivity contribution in [2.24, 2.45) is 0 Å². The van der Waals surface area contributed by atoms with Gasteiger partial charge in [0.15, 0.2) is 0 Å². The number of nitro benzene ring substituents is 2. The number of rotatable bonds is 7. The van der Waals surface area contributed by atoms with Crippen LogP contribution in [0.15, 0.2) is 49.6 Å². The minimum Gasteiger partial charge on any atom is -0.502 e. The molecule has 2 aromatic rings. The first-order valence-electron chi connectivity index (χ1n) is 7.52. The highest BCUT2D eigenvalue weighted by Crippen LogP contribution is 2.45. The maximum atomic E-state index is 11.2. The fraction of sp³-hybridized carbons (Fsp3) is 0.111. The second-order valence-corrected chi connectivity index (χ2v) is 5.52. The van der Waals surface area contributed by atoms with E-state index in [4.69, 9.17) is 0 Å². The monoisotopic (exact) mass is 356 g/mol. The number of allylic oxidation sites excluding steroid dienone is 2. The highest BCUT2D eigenvalue weighted by Gasteiger charge is 2.26. The summed E-state index contributed by atoms with van der Waals surface area (Å²) < 4.78 is 0. The number of hydrogen-bond donors (Lipinski definition) is 2. The zero-order chi connectivity index (χ0) is 19.4. The van der Waals surface area contributed by atoms with E-state index in [-0.39, 0.29) is 24.0 Å². The normalized spacial score (nSPS) is 10.3. The SMILES string of the molecule is C=CCc1cc(-c2cc(CC=C)cc([N+](=O)[O-])c2O)c(O)c([N+](=O)[O-])c1. The van der Waals surface area contributed by atoms with Crippen molar-refractivity contribution in [3.05, 3.63) is 80.9 Å². The van der Waals surface area contributed by atoms with Crippen molar-refractivity contribution in [2.45, 2.75) is 12.8 Å². The molecule has 0 aliphatic heterocycles. The maximum absolute atomic E-state index is 11.2. The molecule has 0 unspecified atom stereocenters.